The van der Waals surface area contributed by atoms with Crippen LogP contribution < -0.4 is 0 Å². The van der Waals surface area contributed by atoms with Gasteiger partial charge >= 0.3 is 0 Å². The maximum absolute atomic E-state index is 12.6. The smallest absolute Gasteiger partial charge is 0.226 e. The first-order valence-electron chi connectivity index (χ1n) is 8.56. The SMILES string of the molecule is CCCN(C)CCC(C)N1CCCC(CC(=O)N(C)C)C1=O. The topological polar surface area (TPSA) is 43.9 Å². The monoisotopic (exact) mass is 311 g/mol. The van der Waals surface area contributed by atoms with Crippen LogP contribution in [0, 0.1) is 5.92 Å². The highest BCUT2D eigenvalue weighted by Crippen LogP contribution is 2.24. The molecule has 22 heavy (non-hydrogen) atoms. The van der Waals surface area contributed by atoms with Crippen molar-refractivity contribution in [3.05, 3.63) is 0 Å². The molecule has 1 heterocycles. The van der Waals surface area contributed by atoms with E-state index in [-0.39, 0.29) is 23.8 Å². The van der Waals surface area contributed by atoms with Crippen molar-refractivity contribution in [1.29, 1.82) is 0 Å². The Balaban J connectivity index is 2.52. The number of piperidine rings is 1. The Morgan fingerprint density at radius 1 is 1.32 bits per heavy atom. The van der Waals surface area contributed by atoms with Crippen LogP contribution in [-0.4, -0.2) is 73.3 Å². The molecule has 0 aromatic rings. The van der Waals surface area contributed by atoms with E-state index in [1.165, 1.54) is 0 Å². The van der Waals surface area contributed by atoms with Gasteiger partial charge in [-0.2, -0.15) is 0 Å². The fourth-order valence-corrected chi connectivity index (χ4v) is 3.05. The standard InChI is InChI=1S/C17H33N3O2/c1-6-10-19(5)12-9-14(2)20-11-7-8-15(17(20)22)13-16(21)18(3)4/h14-15H,6-13H2,1-5H3. The number of hydrogen-bond donors (Lipinski definition) is 0. The molecule has 5 heteroatoms. The van der Waals surface area contributed by atoms with Crippen molar-refractivity contribution < 1.29 is 9.59 Å². The summed E-state index contributed by atoms with van der Waals surface area (Å²) in [6.45, 7) is 7.26. The predicted octanol–water partition coefficient (Wildman–Crippen LogP) is 1.82. The van der Waals surface area contributed by atoms with Crippen LogP contribution in [-0.2, 0) is 9.59 Å². The van der Waals surface area contributed by atoms with Crippen LogP contribution in [0.25, 0.3) is 0 Å². The molecule has 1 aliphatic heterocycles. The third-order valence-electron chi connectivity index (χ3n) is 4.57. The molecule has 1 aliphatic rings. The molecule has 0 N–H and O–H groups in total. The van der Waals surface area contributed by atoms with Gasteiger partial charge in [-0.05, 0) is 52.7 Å². The number of hydrogen-bond acceptors (Lipinski definition) is 3. The molecular weight excluding hydrogens is 278 g/mol. The zero-order valence-electron chi connectivity index (χ0n) is 15.0. The van der Waals surface area contributed by atoms with Gasteiger partial charge in [0, 0.05) is 39.0 Å². The first-order chi connectivity index (χ1) is 10.4. The highest BCUT2D eigenvalue weighted by atomic mass is 16.2. The van der Waals surface area contributed by atoms with Gasteiger partial charge in [-0.15, -0.1) is 0 Å². The predicted molar refractivity (Wildman–Crippen MR) is 89.6 cm³/mol. The van der Waals surface area contributed by atoms with Crippen molar-refractivity contribution in [2.45, 2.75) is 52.0 Å². The second-order valence-corrected chi connectivity index (χ2v) is 6.80. The first kappa shape index (κ1) is 18.9. The lowest BCUT2D eigenvalue weighted by Gasteiger charge is -2.37. The molecule has 0 radical (unpaired) electrons. The zero-order chi connectivity index (χ0) is 16.7. The first-order valence-corrected chi connectivity index (χ1v) is 8.56. The van der Waals surface area contributed by atoms with Gasteiger partial charge in [-0.1, -0.05) is 6.92 Å². The van der Waals surface area contributed by atoms with Gasteiger partial charge in [0.15, 0.2) is 0 Å². The molecule has 2 atom stereocenters. The minimum atomic E-state index is -0.125. The normalized spacial score (nSPS) is 20.4. The molecule has 1 fully saturated rings. The van der Waals surface area contributed by atoms with E-state index in [4.69, 9.17) is 0 Å². The fourth-order valence-electron chi connectivity index (χ4n) is 3.05. The number of likely N-dealkylation sites (tertiary alicyclic amines) is 1. The number of amides is 2. The molecule has 0 aromatic heterocycles. The second-order valence-electron chi connectivity index (χ2n) is 6.80. The van der Waals surface area contributed by atoms with Crippen molar-refractivity contribution in [3.63, 3.8) is 0 Å². The average Bonchev–Trinajstić information content (AvgIpc) is 2.47. The highest BCUT2D eigenvalue weighted by Gasteiger charge is 2.32. The molecule has 0 spiro atoms. The van der Waals surface area contributed by atoms with Crippen molar-refractivity contribution in [3.8, 4) is 0 Å². The number of nitrogens with zero attached hydrogens (tertiary/aromatic N) is 3. The van der Waals surface area contributed by atoms with Crippen LogP contribution in [0.15, 0.2) is 0 Å². The number of carbonyl (C=O) groups is 2. The Hall–Kier alpha value is -1.10. The minimum Gasteiger partial charge on any atom is -0.349 e. The van der Waals surface area contributed by atoms with Gasteiger partial charge in [0.05, 0.1) is 0 Å². The van der Waals surface area contributed by atoms with Crippen molar-refractivity contribution >= 4 is 11.8 Å². The minimum absolute atomic E-state index is 0.0514. The van der Waals surface area contributed by atoms with E-state index in [0.29, 0.717) is 6.42 Å². The van der Waals surface area contributed by atoms with Crippen LogP contribution in [0.1, 0.15) is 46.0 Å². The average molecular weight is 311 g/mol. The molecular formula is C17H33N3O2. The molecule has 128 valence electrons. The zero-order valence-corrected chi connectivity index (χ0v) is 15.0. The van der Waals surface area contributed by atoms with Gasteiger partial charge in [0.2, 0.25) is 11.8 Å². The van der Waals surface area contributed by atoms with Gasteiger partial charge in [-0.25, -0.2) is 0 Å². The highest BCUT2D eigenvalue weighted by molar-refractivity contribution is 5.86. The van der Waals surface area contributed by atoms with Crippen LogP contribution in [0.4, 0.5) is 0 Å². The van der Waals surface area contributed by atoms with Crippen molar-refractivity contribution in [1.82, 2.24) is 14.7 Å². The van der Waals surface area contributed by atoms with Crippen LogP contribution in [0.5, 0.6) is 0 Å². The quantitative estimate of drug-likeness (QED) is 0.687. The van der Waals surface area contributed by atoms with Crippen LogP contribution in [0.3, 0.4) is 0 Å². The molecule has 0 bridgehead atoms. The largest absolute Gasteiger partial charge is 0.349 e. The van der Waals surface area contributed by atoms with Crippen molar-refractivity contribution in [2.75, 3.05) is 40.8 Å². The Morgan fingerprint density at radius 2 is 2.00 bits per heavy atom. The summed E-state index contributed by atoms with van der Waals surface area (Å²) in [6, 6.07) is 0.254. The van der Waals surface area contributed by atoms with Gasteiger partial charge in [-0.3, -0.25) is 9.59 Å². The fraction of sp³-hybridized carbons (Fsp3) is 0.882. The van der Waals surface area contributed by atoms with E-state index in [0.717, 1.165) is 45.3 Å². The summed E-state index contributed by atoms with van der Waals surface area (Å²) in [4.78, 5) is 30.4. The molecule has 1 rings (SSSR count). The Morgan fingerprint density at radius 3 is 2.59 bits per heavy atom. The molecule has 1 saturated heterocycles. The lowest BCUT2D eigenvalue weighted by Crippen LogP contribution is -2.48. The van der Waals surface area contributed by atoms with E-state index >= 15 is 0 Å². The van der Waals surface area contributed by atoms with E-state index in [9.17, 15) is 9.59 Å². The van der Waals surface area contributed by atoms with E-state index in [1.807, 2.05) is 4.90 Å². The van der Waals surface area contributed by atoms with Gasteiger partial charge in [0.1, 0.15) is 0 Å². The Bertz CT molecular complexity index is 371. The van der Waals surface area contributed by atoms with E-state index in [1.54, 1.807) is 19.0 Å². The maximum Gasteiger partial charge on any atom is 0.226 e. The lowest BCUT2D eigenvalue weighted by molar-refractivity contribution is -0.145. The van der Waals surface area contributed by atoms with Crippen LogP contribution in [0.2, 0.25) is 0 Å². The van der Waals surface area contributed by atoms with Gasteiger partial charge < -0.3 is 14.7 Å². The van der Waals surface area contributed by atoms with E-state index in [2.05, 4.69) is 25.8 Å². The summed E-state index contributed by atoms with van der Waals surface area (Å²) in [5.74, 6) is 0.0992. The molecule has 2 unspecified atom stereocenters. The molecule has 0 aliphatic carbocycles. The third kappa shape index (κ3) is 5.59. The molecule has 5 nitrogen and oxygen atoms in total. The summed E-state index contributed by atoms with van der Waals surface area (Å²) in [5.41, 5.74) is 0. The van der Waals surface area contributed by atoms with Gasteiger partial charge in [0.25, 0.3) is 0 Å². The Kier molecular flexibility index (Phi) is 7.87. The summed E-state index contributed by atoms with van der Waals surface area (Å²) in [7, 11) is 5.63. The molecule has 0 aromatic carbocycles. The summed E-state index contributed by atoms with van der Waals surface area (Å²) < 4.78 is 0. The number of carbonyl (C=O) groups excluding carboxylic acids is 2. The summed E-state index contributed by atoms with van der Waals surface area (Å²) >= 11 is 0. The van der Waals surface area contributed by atoms with E-state index < -0.39 is 0 Å². The summed E-state index contributed by atoms with van der Waals surface area (Å²) in [5, 5.41) is 0. The van der Waals surface area contributed by atoms with Crippen molar-refractivity contribution in [2.24, 2.45) is 5.92 Å². The maximum atomic E-state index is 12.6. The second kappa shape index (κ2) is 9.13. The number of rotatable bonds is 8. The molecule has 0 saturated carbocycles. The third-order valence-corrected chi connectivity index (χ3v) is 4.57. The lowest BCUT2D eigenvalue weighted by atomic mass is 9.92. The molecule has 2 amide bonds. The van der Waals surface area contributed by atoms with Crippen LogP contribution >= 0.6 is 0 Å². The summed E-state index contributed by atoms with van der Waals surface area (Å²) in [6.07, 6.45) is 4.35. The Labute approximate surface area is 135 Å².